The smallest absolute Gasteiger partial charge is 0.496 e. The Morgan fingerprint density at radius 1 is 0.514 bits per heavy atom. The molecule has 1 saturated carbocycles. The second-order valence-corrected chi connectivity index (χ2v) is 19.5. The predicted octanol–water partition coefficient (Wildman–Crippen LogP) is 16.8. The van der Waals surface area contributed by atoms with Crippen LogP contribution in [0, 0.1) is 27.7 Å². The van der Waals surface area contributed by atoms with E-state index in [9.17, 15) is 9.59 Å². The first kappa shape index (κ1) is 50.6. The van der Waals surface area contributed by atoms with Gasteiger partial charge in [-0.05, 0) is 165 Å². The summed E-state index contributed by atoms with van der Waals surface area (Å²) in [5.74, 6) is 0.547. The Balaban J connectivity index is 1.06. The maximum atomic E-state index is 13.2. The van der Waals surface area contributed by atoms with E-state index in [1.54, 1.807) is 7.11 Å². The van der Waals surface area contributed by atoms with Crippen LogP contribution in [-0.2, 0) is 26.1 Å². The minimum absolute atomic E-state index is 0.282. The van der Waals surface area contributed by atoms with Crippen molar-refractivity contribution in [3.63, 3.8) is 0 Å². The Hall–Kier alpha value is -8.36. The van der Waals surface area contributed by atoms with Gasteiger partial charge in [-0.25, -0.2) is 4.79 Å². The molecule has 0 saturated heterocycles. The molecule has 0 atom stereocenters. The monoisotopic (exact) mass is 980 g/mol. The van der Waals surface area contributed by atoms with Gasteiger partial charge in [-0.15, -0.1) is 0 Å². The van der Waals surface area contributed by atoms with Gasteiger partial charge in [0.25, 0.3) is 0 Å². The quantitative estimate of drug-likeness (QED) is 0.0538. The van der Waals surface area contributed by atoms with E-state index in [1.165, 1.54) is 40.3 Å². The summed E-state index contributed by atoms with van der Waals surface area (Å²) < 4.78 is 22.0. The summed E-state index contributed by atoms with van der Waals surface area (Å²) in [6.45, 7) is 13.7. The molecule has 8 aromatic carbocycles. The zero-order chi connectivity index (χ0) is 51.8. The van der Waals surface area contributed by atoms with E-state index < -0.39 is 18.9 Å². The van der Waals surface area contributed by atoms with Crippen LogP contribution in [0.5, 0.6) is 11.5 Å². The minimum atomic E-state index is -0.992. The molecule has 0 aliphatic heterocycles. The van der Waals surface area contributed by atoms with Crippen LogP contribution < -0.4 is 19.3 Å². The van der Waals surface area contributed by atoms with Crippen LogP contribution in [0.15, 0.2) is 189 Å². The molecular weight excluding hydrogens is 917 g/mol. The van der Waals surface area contributed by atoms with Crippen molar-refractivity contribution in [3.8, 4) is 11.5 Å². The van der Waals surface area contributed by atoms with Crippen molar-refractivity contribution < 1.29 is 28.5 Å². The van der Waals surface area contributed by atoms with Gasteiger partial charge in [0.2, 0.25) is 6.79 Å². The fourth-order valence-corrected chi connectivity index (χ4v) is 10.2. The highest BCUT2D eigenvalue weighted by atomic mass is 16.8. The third kappa shape index (κ3) is 11.5. The topological polar surface area (TPSA) is 77.5 Å². The number of hydrogen-bond donors (Lipinski definition) is 0. The lowest BCUT2D eigenvalue weighted by Gasteiger charge is -2.39. The van der Waals surface area contributed by atoms with Crippen molar-refractivity contribution >= 4 is 51.8 Å². The molecule has 0 aromatic heterocycles. The summed E-state index contributed by atoms with van der Waals surface area (Å²) in [7, 11) is 1.74. The van der Waals surface area contributed by atoms with Crippen molar-refractivity contribution in [1.82, 2.24) is 0 Å². The zero-order valence-corrected chi connectivity index (χ0v) is 43.3. The van der Waals surface area contributed by atoms with Crippen LogP contribution in [0.1, 0.15) is 94.7 Å². The van der Waals surface area contributed by atoms with E-state index >= 15 is 0 Å². The lowest BCUT2D eigenvalue weighted by Crippen LogP contribution is -2.31. The van der Waals surface area contributed by atoms with Gasteiger partial charge in [-0.3, -0.25) is 4.79 Å². The van der Waals surface area contributed by atoms with Gasteiger partial charge in [-0.1, -0.05) is 139 Å². The molecule has 0 heterocycles. The first-order chi connectivity index (χ1) is 35.9. The van der Waals surface area contributed by atoms with E-state index in [4.69, 9.17) is 18.9 Å². The number of carbonyl (C=O) groups excluding carboxylic acids is 2. The summed E-state index contributed by atoms with van der Waals surface area (Å²) in [6, 6.07) is 64.2. The second kappa shape index (κ2) is 22.6. The largest absolute Gasteiger partial charge is 0.516 e. The van der Waals surface area contributed by atoms with Crippen LogP contribution in [0.25, 0.3) is 5.57 Å². The highest BCUT2D eigenvalue weighted by molar-refractivity contribution is 5.85. The molecule has 0 unspecified atom stereocenters. The van der Waals surface area contributed by atoms with E-state index in [0.29, 0.717) is 17.6 Å². The molecule has 0 bridgehead atoms. The molecule has 1 fully saturated rings. The van der Waals surface area contributed by atoms with Crippen LogP contribution in [0.4, 0.5) is 38.9 Å². The fraction of sp³-hybridized carbons (Fsp3) is 0.212. The molecule has 1 aliphatic carbocycles. The second-order valence-electron chi connectivity index (χ2n) is 19.5. The highest BCUT2D eigenvalue weighted by Gasteiger charge is 2.37. The van der Waals surface area contributed by atoms with Gasteiger partial charge in [0.05, 0.1) is 7.11 Å². The van der Waals surface area contributed by atoms with Gasteiger partial charge in [0.15, 0.2) is 0 Å². The number of anilines is 6. The third-order valence-corrected chi connectivity index (χ3v) is 14.3. The summed E-state index contributed by atoms with van der Waals surface area (Å²) >= 11 is 0. The van der Waals surface area contributed by atoms with Crippen molar-refractivity contribution in [2.24, 2.45) is 0 Å². The lowest BCUT2D eigenvalue weighted by molar-refractivity contribution is -0.149. The molecule has 74 heavy (non-hydrogen) atoms. The normalized spacial score (nSPS) is 12.8. The van der Waals surface area contributed by atoms with Crippen LogP contribution in [0.2, 0.25) is 0 Å². The third-order valence-electron chi connectivity index (χ3n) is 14.3. The van der Waals surface area contributed by atoms with Crippen LogP contribution >= 0.6 is 0 Å². The number of esters is 1. The number of aryl methyl sites for hydroxylation is 4. The average molecular weight is 981 g/mol. The Morgan fingerprint density at radius 2 is 0.932 bits per heavy atom. The maximum absolute atomic E-state index is 13.2. The molecule has 8 nitrogen and oxygen atoms in total. The van der Waals surface area contributed by atoms with Crippen LogP contribution in [-0.4, -0.2) is 26.0 Å². The molecule has 0 N–H and O–H groups in total. The minimum Gasteiger partial charge on any atom is -0.496 e. The van der Waals surface area contributed by atoms with Gasteiger partial charge >= 0.3 is 12.1 Å². The van der Waals surface area contributed by atoms with E-state index in [1.807, 2.05) is 6.07 Å². The molecule has 374 valence electrons. The standard InChI is InChI=1S/C66H64N2O6/c1-45-11-25-56(26-12-45)67(57-27-13-46(2)14-28-57)60-33-19-51(20-34-60)41-53-42-54(23-37-63(53)71-7)66(39-9-8-10-40-66)55-24-38-64(74-65(70)73-44-72-50(6)69)62(43-55)49(5)52-21-35-61(36-22-52)68(58-29-15-47(3)16-30-58)59-31-17-48(4)18-32-59/h11-38,42-43H,5,8-10,39-41,44H2,1-4,6-7H3. The lowest BCUT2D eigenvalue weighted by atomic mass is 9.64. The van der Waals surface area contributed by atoms with Crippen molar-refractivity contribution in [1.29, 1.82) is 0 Å². The number of hydrogen-bond acceptors (Lipinski definition) is 8. The molecule has 0 spiro atoms. The molecule has 8 heteroatoms. The highest BCUT2D eigenvalue weighted by Crippen LogP contribution is 2.48. The summed E-state index contributed by atoms with van der Waals surface area (Å²) in [5, 5.41) is 0. The zero-order valence-electron chi connectivity index (χ0n) is 43.3. The molecule has 0 amide bonds. The molecule has 1 aliphatic rings. The van der Waals surface area contributed by atoms with Crippen molar-refractivity contribution in [3.05, 3.63) is 244 Å². The summed E-state index contributed by atoms with van der Waals surface area (Å²) in [6.07, 6.45) is 4.79. The summed E-state index contributed by atoms with van der Waals surface area (Å²) in [5.41, 5.74) is 17.5. The number of ether oxygens (including phenoxy) is 4. The maximum Gasteiger partial charge on any atom is 0.516 e. The fourth-order valence-electron chi connectivity index (χ4n) is 10.2. The molecule has 0 radical (unpaired) electrons. The Labute approximate surface area is 436 Å². The number of rotatable bonds is 16. The number of benzene rings is 8. The number of methoxy groups -OCH3 is 1. The summed E-state index contributed by atoms with van der Waals surface area (Å²) in [4.78, 5) is 29.2. The van der Waals surface area contributed by atoms with Gasteiger partial charge < -0.3 is 28.7 Å². The Bertz CT molecular complexity index is 3140. The molecule has 9 rings (SSSR count). The molecular formula is C66H64N2O6. The van der Waals surface area contributed by atoms with Gasteiger partial charge in [0.1, 0.15) is 11.5 Å². The van der Waals surface area contributed by atoms with E-state index in [0.717, 1.165) is 88.7 Å². The van der Waals surface area contributed by atoms with Gasteiger partial charge in [-0.2, -0.15) is 0 Å². The predicted molar refractivity (Wildman–Crippen MR) is 299 cm³/mol. The number of nitrogens with zero attached hydrogens (tertiary/aromatic N) is 2. The van der Waals surface area contributed by atoms with Crippen molar-refractivity contribution in [2.75, 3.05) is 23.7 Å². The van der Waals surface area contributed by atoms with E-state index in [2.05, 4.69) is 220 Å². The molecule has 8 aromatic rings. The van der Waals surface area contributed by atoms with Crippen LogP contribution in [0.3, 0.4) is 0 Å². The first-order valence-electron chi connectivity index (χ1n) is 25.4. The SMILES string of the molecule is C=C(c1ccc(N(c2ccc(C)cc2)c2ccc(C)cc2)cc1)c1cc(C2(c3ccc(OC)c(Cc4ccc(N(c5ccc(C)cc5)c5ccc(C)cc5)cc4)c3)CCCCC2)ccc1OC(=O)OCOC(C)=O. The Morgan fingerprint density at radius 3 is 1.38 bits per heavy atom. The average Bonchev–Trinajstić information content (AvgIpc) is 3.42. The van der Waals surface area contributed by atoms with E-state index in [-0.39, 0.29) is 11.2 Å². The first-order valence-corrected chi connectivity index (χ1v) is 25.4. The van der Waals surface area contributed by atoms with Gasteiger partial charge in [0, 0.05) is 58.4 Å². The number of carbonyl (C=O) groups is 2. The van der Waals surface area contributed by atoms with Crippen molar-refractivity contribution in [2.45, 2.75) is 78.6 Å². The Kier molecular flexibility index (Phi) is 15.4.